The number of ether oxygens (including phenoxy) is 3. The number of amides is 1. The van der Waals surface area contributed by atoms with Gasteiger partial charge in [0.15, 0.2) is 11.5 Å². The lowest BCUT2D eigenvalue weighted by Crippen LogP contribution is -2.48. The maximum Gasteiger partial charge on any atom is 0.243 e. The van der Waals surface area contributed by atoms with Crippen LogP contribution in [-0.2, 0) is 21.4 Å². The van der Waals surface area contributed by atoms with Gasteiger partial charge in [-0.15, -0.1) is 0 Å². The SMILES string of the molecule is COc1ccc(CNC(=O)C2(C)CCN(S(=O)(=O)c3ccc(OC)c(OC)c3)CC2)cc1. The Morgan fingerprint density at radius 2 is 1.59 bits per heavy atom. The molecule has 1 heterocycles. The normalized spacial score (nSPS) is 16.2. The number of carbonyl (C=O) groups is 1. The fourth-order valence-electron chi connectivity index (χ4n) is 3.71. The first kappa shape index (κ1) is 23.9. The summed E-state index contributed by atoms with van der Waals surface area (Å²) < 4.78 is 43.2. The Bertz CT molecular complexity index is 1040. The summed E-state index contributed by atoms with van der Waals surface area (Å²) in [7, 11) is 0.864. The third-order valence-electron chi connectivity index (χ3n) is 5.98. The van der Waals surface area contributed by atoms with Gasteiger partial charge in [0, 0.05) is 31.1 Å². The molecule has 0 bridgehead atoms. The fraction of sp³-hybridized carbons (Fsp3) is 0.435. The number of nitrogens with one attached hydrogen (secondary N) is 1. The maximum atomic E-state index is 13.1. The second-order valence-electron chi connectivity index (χ2n) is 8.01. The molecule has 0 saturated carbocycles. The lowest BCUT2D eigenvalue weighted by Gasteiger charge is -2.37. The van der Waals surface area contributed by atoms with Gasteiger partial charge < -0.3 is 19.5 Å². The average molecular weight is 463 g/mol. The molecule has 1 amide bonds. The van der Waals surface area contributed by atoms with Gasteiger partial charge in [-0.1, -0.05) is 19.1 Å². The Kier molecular flexibility index (Phi) is 7.30. The molecule has 9 heteroatoms. The Labute approximate surface area is 189 Å². The highest BCUT2D eigenvalue weighted by Gasteiger charge is 2.40. The molecule has 32 heavy (non-hydrogen) atoms. The number of carbonyl (C=O) groups excluding carboxylic acids is 1. The summed E-state index contributed by atoms with van der Waals surface area (Å²) in [5.41, 5.74) is 0.340. The fourth-order valence-corrected chi connectivity index (χ4v) is 5.17. The second-order valence-corrected chi connectivity index (χ2v) is 9.95. The lowest BCUT2D eigenvalue weighted by molar-refractivity contribution is -0.132. The van der Waals surface area contributed by atoms with Crippen LogP contribution in [0, 0.1) is 5.41 Å². The summed E-state index contributed by atoms with van der Waals surface area (Å²) in [4.78, 5) is 13.0. The molecular weight excluding hydrogens is 432 g/mol. The molecule has 0 atom stereocenters. The number of sulfonamides is 1. The van der Waals surface area contributed by atoms with E-state index in [2.05, 4.69) is 5.32 Å². The Morgan fingerprint density at radius 1 is 0.969 bits per heavy atom. The molecule has 0 aliphatic carbocycles. The Morgan fingerprint density at radius 3 is 2.16 bits per heavy atom. The van der Waals surface area contributed by atoms with Crippen LogP contribution < -0.4 is 19.5 Å². The van der Waals surface area contributed by atoms with Crippen LogP contribution in [0.15, 0.2) is 47.4 Å². The largest absolute Gasteiger partial charge is 0.497 e. The molecule has 0 radical (unpaired) electrons. The summed E-state index contributed by atoms with van der Waals surface area (Å²) in [6.07, 6.45) is 0.877. The van der Waals surface area contributed by atoms with Crippen molar-refractivity contribution in [2.45, 2.75) is 31.2 Å². The number of methoxy groups -OCH3 is 3. The van der Waals surface area contributed by atoms with Crippen molar-refractivity contribution in [2.24, 2.45) is 5.41 Å². The number of piperidine rings is 1. The summed E-state index contributed by atoms with van der Waals surface area (Å²) in [5, 5.41) is 2.98. The van der Waals surface area contributed by atoms with Crippen LogP contribution in [-0.4, -0.2) is 53.0 Å². The van der Waals surface area contributed by atoms with E-state index in [1.54, 1.807) is 13.2 Å². The van der Waals surface area contributed by atoms with Crippen LogP contribution in [0.25, 0.3) is 0 Å². The van der Waals surface area contributed by atoms with Crippen molar-refractivity contribution < 1.29 is 27.4 Å². The van der Waals surface area contributed by atoms with E-state index >= 15 is 0 Å². The summed E-state index contributed by atoms with van der Waals surface area (Å²) in [6.45, 7) is 2.83. The van der Waals surface area contributed by atoms with Crippen LogP contribution in [0.4, 0.5) is 0 Å². The highest BCUT2D eigenvalue weighted by molar-refractivity contribution is 7.89. The second kappa shape index (κ2) is 9.79. The van der Waals surface area contributed by atoms with E-state index < -0.39 is 15.4 Å². The van der Waals surface area contributed by atoms with Crippen LogP contribution in [0.2, 0.25) is 0 Å². The van der Waals surface area contributed by atoms with E-state index in [9.17, 15) is 13.2 Å². The minimum atomic E-state index is -3.70. The predicted molar refractivity (Wildman–Crippen MR) is 120 cm³/mol. The smallest absolute Gasteiger partial charge is 0.243 e. The van der Waals surface area contributed by atoms with E-state index in [4.69, 9.17) is 14.2 Å². The minimum Gasteiger partial charge on any atom is -0.497 e. The van der Waals surface area contributed by atoms with Crippen LogP contribution in [0.1, 0.15) is 25.3 Å². The van der Waals surface area contributed by atoms with Crippen molar-refractivity contribution in [2.75, 3.05) is 34.4 Å². The molecule has 0 aromatic heterocycles. The first-order valence-corrected chi connectivity index (χ1v) is 11.8. The Balaban J connectivity index is 1.62. The molecule has 0 unspecified atom stereocenters. The van der Waals surface area contributed by atoms with Crippen molar-refractivity contribution in [1.82, 2.24) is 9.62 Å². The zero-order chi connectivity index (χ0) is 23.4. The molecular formula is C23H30N2O6S. The third kappa shape index (κ3) is 4.99. The molecule has 174 valence electrons. The van der Waals surface area contributed by atoms with Gasteiger partial charge in [-0.05, 0) is 42.7 Å². The van der Waals surface area contributed by atoms with Crippen molar-refractivity contribution >= 4 is 15.9 Å². The highest BCUT2D eigenvalue weighted by atomic mass is 32.2. The molecule has 0 spiro atoms. The highest BCUT2D eigenvalue weighted by Crippen LogP contribution is 2.35. The quantitative estimate of drug-likeness (QED) is 0.648. The lowest BCUT2D eigenvalue weighted by atomic mass is 9.80. The van der Waals surface area contributed by atoms with E-state index in [-0.39, 0.29) is 23.9 Å². The monoisotopic (exact) mass is 462 g/mol. The first-order valence-electron chi connectivity index (χ1n) is 10.4. The molecule has 1 saturated heterocycles. The van der Waals surface area contributed by atoms with Gasteiger partial charge in [-0.3, -0.25) is 4.79 Å². The summed E-state index contributed by atoms with van der Waals surface area (Å²) in [5.74, 6) is 1.51. The van der Waals surface area contributed by atoms with Crippen LogP contribution in [0.3, 0.4) is 0 Å². The molecule has 2 aromatic carbocycles. The van der Waals surface area contributed by atoms with E-state index in [1.165, 1.54) is 30.7 Å². The zero-order valence-electron chi connectivity index (χ0n) is 18.9. The molecule has 8 nitrogen and oxygen atoms in total. The van der Waals surface area contributed by atoms with Crippen molar-refractivity contribution in [1.29, 1.82) is 0 Å². The number of rotatable bonds is 8. The van der Waals surface area contributed by atoms with Gasteiger partial charge in [0.25, 0.3) is 0 Å². The summed E-state index contributed by atoms with van der Waals surface area (Å²) in [6, 6.07) is 12.0. The molecule has 1 aliphatic heterocycles. The molecule has 3 rings (SSSR count). The van der Waals surface area contributed by atoms with Crippen LogP contribution in [0.5, 0.6) is 17.2 Å². The van der Waals surface area contributed by atoms with Gasteiger partial charge in [-0.2, -0.15) is 4.31 Å². The molecule has 1 N–H and O–H groups in total. The minimum absolute atomic E-state index is 0.0727. The number of hydrogen-bond acceptors (Lipinski definition) is 6. The Hall–Kier alpha value is -2.78. The first-order chi connectivity index (χ1) is 15.2. The van der Waals surface area contributed by atoms with E-state index in [0.29, 0.717) is 30.9 Å². The van der Waals surface area contributed by atoms with E-state index in [0.717, 1.165) is 11.3 Å². The van der Waals surface area contributed by atoms with Crippen molar-refractivity contribution in [3.8, 4) is 17.2 Å². The number of nitrogens with zero attached hydrogens (tertiary/aromatic N) is 1. The van der Waals surface area contributed by atoms with Crippen molar-refractivity contribution in [3.63, 3.8) is 0 Å². The van der Waals surface area contributed by atoms with Gasteiger partial charge in [0.2, 0.25) is 15.9 Å². The maximum absolute atomic E-state index is 13.1. The predicted octanol–water partition coefficient (Wildman–Crippen LogP) is 2.82. The topological polar surface area (TPSA) is 94.2 Å². The molecule has 1 aliphatic rings. The molecule has 1 fully saturated rings. The standard InChI is InChI=1S/C23H30N2O6S/c1-23(22(26)24-16-17-5-7-18(29-2)8-6-17)11-13-25(14-12-23)32(27,28)19-9-10-20(30-3)21(15-19)31-4/h5-10,15H,11-14,16H2,1-4H3,(H,24,26). The van der Waals surface area contributed by atoms with Gasteiger partial charge in [0.05, 0.1) is 26.2 Å². The van der Waals surface area contributed by atoms with Crippen LogP contribution >= 0.6 is 0 Å². The van der Waals surface area contributed by atoms with Crippen molar-refractivity contribution in [3.05, 3.63) is 48.0 Å². The molecule has 2 aromatic rings. The third-order valence-corrected chi connectivity index (χ3v) is 7.87. The van der Waals surface area contributed by atoms with E-state index in [1.807, 2.05) is 31.2 Å². The van der Waals surface area contributed by atoms with Gasteiger partial charge in [-0.25, -0.2) is 8.42 Å². The van der Waals surface area contributed by atoms with Gasteiger partial charge >= 0.3 is 0 Å². The average Bonchev–Trinajstić information content (AvgIpc) is 2.82. The summed E-state index contributed by atoms with van der Waals surface area (Å²) >= 11 is 0. The zero-order valence-corrected chi connectivity index (χ0v) is 19.7. The number of benzene rings is 2. The van der Waals surface area contributed by atoms with Gasteiger partial charge in [0.1, 0.15) is 5.75 Å². The number of hydrogen-bond donors (Lipinski definition) is 1.